The van der Waals surface area contributed by atoms with Crippen LogP contribution in [0.4, 0.5) is 5.69 Å². The lowest BCUT2D eigenvalue weighted by atomic mass is 9.98. The highest BCUT2D eigenvalue weighted by Gasteiger charge is 2.25. The van der Waals surface area contributed by atoms with Crippen LogP contribution in [0.25, 0.3) is 0 Å². The molecule has 1 aliphatic rings. The lowest BCUT2D eigenvalue weighted by molar-refractivity contribution is -0.116. The zero-order valence-electron chi connectivity index (χ0n) is 9.58. The first-order chi connectivity index (χ1) is 7.11. The third kappa shape index (κ3) is 1.65. The number of para-hydroxylation sites is 1. The molecule has 0 saturated carbocycles. The molecule has 0 bridgehead atoms. The van der Waals surface area contributed by atoms with Gasteiger partial charge in [-0.25, -0.2) is 0 Å². The van der Waals surface area contributed by atoms with Crippen molar-refractivity contribution in [3.8, 4) is 0 Å². The molecule has 0 fully saturated rings. The van der Waals surface area contributed by atoms with E-state index in [-0.39, 0.29) is 5.91 Å². The SMILES string of the molecule is CC(=O)N1CCc2cccc(C(C)C)c21. The largest absolute Gasteiger partial charge is 0.312 e. The Morgan fingerprint density at radius 3 is 2.73 bits per heavy atom. The summed E-state index contributed by atoms with van der Waals surface area (Å²) in [7, 11) is 0. The van der Waals surface area contributed by atoms with Crippen molar-refractivity contribution in [3.63, 3.8) is 0 Å². The van der Waals surface area contributed by atoms with Crippen LogP contribution < -0.4 is 4.90 Å². The third-order valence-electron chi connectivity index (χ3n) is 3.03. The number of nitrogens with zero attached hydrogens (tertiary/aromatic N) is 1. The van der Waals surface area contributed by atoms with Gasteiger partial charge in [-0.15, -0.1) is 0 Å². The highest BCUT2D eigenvalue weighted by atomic mass is 16.2. The maximum Gasteiger partial charge on any atom is 0.223 e. The summed E-state index contributed by atoms with van der Waals surface area (Å²) in [5.74, 6) is 0.627. The van der Waals surface area contributed by atoms with Crippen LogP contribution in [0.1, 0.15) is 37.8 Å². The second-order valence-corrected chi connectivity index (χ2v) is 4.43. The molecule has 0 aromatic heterocycles. The minimum Gasteiger partial charge on any atom is -0.312 e. The average Bonchev–Trinajstić information content (AvgIpc) is 2.60. The number of rotatable bonds is 1. The molecule has 1 aromatic carbocycles. The minimum atomic E-state index is 0.154. The Morgan fingerprint density at radius 1 is 1.40 bits per heavy atom. The van der Waals surface area contributed by atoms with E-state index in [0.29, 0.717) is 5.92 Å². The van der Waals surface area contributed by atoms with Gasteiger partial charge in [0, 0.05) is 13.5 Å². The quantitative estimate of drug-likeness (QED) is 0.687. The van der Waals surface area contributed by atoms with Crippen LogP contribution in [0.3, 0.4) is 0 Å². The summed E-state index contributed by atoms with van der Waals surface area (Å²) in [5, 5.41) is 0. The molecule has 1 heterocycles. The monoisotopic (exact) mass is 203 g/mol. The molecular weight excluding hydrogens is 186 g/mol. The summed E-state index contributed by atoms with van der Waals surface area (Å²) >= 11 is 0. The molecule has 1 aromatic rings. The molecule has 0 saturated heterocycles. The Labute approximate surface area is 90.9 Å². The summed E-state index contributed by atoms with van der Waals surface area (Å²) in [6.45, 7) is 6.83. The van der Waals surface area contributed by atoms with Gasteiger partial charge in [0.05, 0.1) is 5.69 Å². The molecule has 0 radical (unpaired) electrons. The van der Waals surface area contributed by atoms with Gasteiger partial charge in [-0.3, -0.25) is 4.79 Å². The predicted molar refractivity (Wildman–Crippen MR) is 62.3 cm³/mol. The lowest BCUT2D eigenvalue weighted by Crippen LogP contribution is -2.26. The maximum absolute atomic E-state index is 11.5. The molecule has 0 spiro atoms. The second-order valence-electron chi connectivity index (χ2n) is 4.43. The molecule has 15 heavy (non-hydrogen) atoms. The summed E-state index contributed by atoms with van der Waals surface area (Å²) < 4.78 is 0. The highest BCUT2D eigenvalue weighted by Crippen LogP contribution is 2.35. The molecular formula is C13H17NO. The van der Waals surface area contributed by atoms with Crippen molar-refractivity contribution in [2.75, 3.05) is 11.4 Å². The average molecular weight is 203 g/mol. The molecule has 1 amide bonds. The number of hydrogen-bond acceptors (Lipinski definition) is 1. The summed E-state index contributed by atoms with van der Waals surface area (Å²) in [6, 6.07) is 6.35. The lowest BCUT2D eigenvalue weighted by Gasteiger charge is -2.20. The fourth-order valence-corrected chi connectivity index (χ4v) is 2.27. The third-order valence-corrected chi connectivity index (χ3v) is 3.03. The smallest absolute Gasteiger partial charge is 0.223 e. The summed E-state index contributed by atoms with van der Waals surface area (Å²) in [6.07, 6.45) is 0.996. The molecule has 0 N–H and O–H groups in total. The molecule has 0 atom stereocenters. The summed E-state index contributed by atoms with van der Waals surface area (Å²) in [5.41, 5.74) is 3.77. The van der Waals surface area contributed by atoms with Gasteiger partial charge in [-0.05, 0) is 23.5 Å². The van der Waals surface area contributed by atoms with Crippen LogP contribution in [-0.2, 0) is 11.2 Å². The summed E-state index contributed by atoms with van der Waals surface area (Å²) in [4.78, 5) is 13.4. The van der Waals surface area contributed by atoms with Gasteiger partial charge in [0.1, 0.15) is 0 Å². The van der Waals surface area contributed by atoms with Gasteiger partial charge in [0.15, 0.2) is 0 Å². The Balaban J connectivity index is 2.53. The van der Waals surface area contributed by atoms with Crippen molar-refractivity contribution in [2.45, 2.75) is 33.1 Å². The molecule has 1 aliphatic heterocycles. The molecule has 0 aliphatic carbocycles. The number of hydrogen-bond donors (Lipinski definition) is 0. The van der Waals surface area contributed by atoms with Gasteiger partial charge in [0.2, 0.25) is 5.91 Å². The van der Waals surface area contributed by atoms with Crippen LogP contribution in [0, 0.1) is 0 Å². The standard InChI is InChI=1S/C13H17NO/c1-9(2)12-6-4-5-11-7-8-14(10(3)15)13(11)12/h4-6,9H,7-8H2,1-3H3. The molecule has 2 nitrogen and oxygen atoms in total. The Hall–Kier alpha value is -1.31. The van der Waals surface area contributed by atoms with E-state index in [4.69, 9.17) is 0 Å². The van der Waals surface area contributed by atoms with Crippen molar-refractivity contribution in [1.29, 1.82) is 0 Å². The number of benzene rings is 1. The van der Waals surface area contributed by atoms with Gasteiger partial charge in [-0.2, -0.15) is 0 Å². The van der Waals surface area contributed by atoms with Crippen molar-refractivity contribution in [1.82, 2.24) is 0 Å². The van der Waals surface area contributed by atoms with E-state index in [1.807, 2.05) is 4.90 Å². The zero-order valence-corrected chi connectivity index (χ0v) is 9.58. The topological polar surface area (TPSA) is 20.3 Å². The van der Waals surface area contributed by atoms with Crippen LogP contribution in [-0.4, -0.2) is 12.5 Å². The van der Waals surface area contributed by atoms with Crippen LogP contribution >= 0.6 is 0 Å². The molecule has 0 unspecified atom stereocenters. The predicted octanol–water partition coefficient (Wildman–Crippen LogP) is 2.72. The first-order valence-corrected chi connectivity index (χ1v) is 5.51. The number of anilines is 1. The Kier molecular flexibility index (Phi) is 2.51. The van der Waals surface area contributed by atoms with E-state index >= 15 is 0 Å². The van der Waals surface area contributed by atoms with Gasteiger partial charge < -0.3 is 4.90 Å². The van der Waals surface area contributed by atoms with Gasteiger partial charge in [0.25, 0.3) is 0 Å². The minimum absolute atomic E-state index is 0.154. The number of amides is 1. The van der Waals surface area contributed by atoms with E-state index in [2.05, 4.69) is 32.0 Å². The second kappa shape index (κ2) is 3.69. The zero-order chi connectivity index (χ0) is 11.0. The van der Waals surface area contributed by atoms with Crippen molar-refractivity contribution < 1.29 is 4.79 Å². The highest BCUT2D eigenvalue weighted by molar-refractivity contribution is 5.94. The van der Waals surface area contributed by atoms with Crippen molar-refractivity contribution in [3.05, 3.63) is 29.3 Å². The first kappa shape index (κ1) is 10.2. The van der Waals surface area contributed by atoms with Gasteiger partial charge in [-0.1, -0.05) is 32.0 Å². The fraction of sp³-hybridized carbons (Fsp3) is 0.462. The molecule has 2 rings (SSSR count). The Bertz CT molecular complexity index is 396. The van der Waals surface area contributed by atoms with Crippen molar-refractivity contribution >= 4 is 11.6 Å². The van der Waals surface area contributed by atoms with Crippen LogP contribution in [0.15, 0.2) is 18.2 Å². The van der Waals surface area contributed by atoms with E-state index < -0.39 is 0 Å². The van der Waals surface area contributed by atoms with Crippen LogP contribution in [0.2, 0.25) is 0 Å². The van der Waals surface area contributed by atoms with E-state index in [9.17, 15) is 4.79 Å². The van der Waals surface area contributed by atoms with E-state index in [1.165, 1.54) is 16.8 Å². The molecule has 80 valence electrons. The fourth-order valence-electron chi connectivity index (χ4n) is 2.27. The Morgan fingerprint density at radius 2 is 2.13 bits per heavy atom. The maximum atomic E-state index is 11.5. The first-order valence-electron chi connectivity index (χ1n) is 5.51. The van der Waals surface area contributed by atoms with Crippen molar-refractivity contribution in [2.24, 2.45) is 0 Å². The van der Waals surface area contributed by atoms with Crippen LogP contribution in [0.5, 0.6) is 0 Å². The van der Waals surface area contributed by atoms with Gasteiger partial charge >= 0.3 is 0 Å². The number of carbonyl (C=O) groups excluding carboxylic acids is 1. The van der Waals surface area contributed by atoms with E-state index in [1.54, 1.807) is 6.92 Å². The number of fused-ring (bicyclic) bond motifs is 1. The van der Waals surface area contributed by atoms with E-state index in [0.717, 1.165) is 13.0 Å². The normalized spacial score (nSPS) is 14.5. The number of carbonyl (C=O) groups is 1. The molecule has 2 heteroatoms.